The molecule has 174 valence electrons. The van der Waals surface area contributed by atoms with Crippen LogP contribution in [-0.2, 0) is 14.3 Å². The van der Waals surface area contributed by atoms with E-state index in [4.69, 9.17) is 4.74 Å². The number of rotatable bonds is 7. The van der Waals surface area contributed by atoms with Gasteiger partial charge in [0.05, 0.1) is 6.10 Å². The van der Waals surface area contributed by atoms with Crippen molar-refractivity contribution < 1.29 is 29.3 Å². The van der Waals surface area contributed by atoms with Crippen LogP contribution in [0, 0.1) is 0 Å². The summed E-state index contributed by atoms with van der Waals surface area (Å²) in [4.78, 5) is 37.7. The molecular formula is C25H28N2O6. The molecule has 2 aliphatic rings. The number of benzene rings is 2. The summed E-state index contributed by atoms with van der Waals surface area (Å²) in [5, 5.41) is 21.8. The van der Waals surface area contributed by atoms with Crippen LogP contribution in [0.2, 0.25) is 0 Å². The molecule has 2 aromatic rings. The molecule has 2 aromatic carbocycles. The van der Waals surface area contributed by atoms with Crippen LogP contribution in [0.5, 0.6) is 0 Å². The van der Waals surface area contributed by atoms with Crippen molar-refractivity contribution in [3.8, 4) is 11.1 Å². The Hall–Kier alpha value is -3.39. The lowest BCUT2D eigenvalue weighted by atomic mass is 9.98. The average molecular weight is 453 g/mol. The molecule has 1 heterocycles. The molecule has 33 heavy (non-hydrogen) atoms. The molecule has 0 spiro atoms. The largest absolute Gasteiger partial charge is 0.480 e. The number of alkyl carbamates (subject to hydrolysis) is 1. The van der Waals surface area contributed by atoms with E-state index in [2.05, 4.69) is 17.4 Å². The van der Waals surface area contributed by atoms with Crippen LogP contribution in [0.1, 0.15) is 43.2 Å². The summed E-state index contributed by atoms with van der Waals surface area (Å²) < 4.78 is 5.55. The third-order valence-electron chi connectivity index (χ3n) is 6.46. The zero-order valence-corrected chi connectivity index (χ0v) is 18.4. The Morgan fingerprint density at radius 2 is 1.70 bits per heavy atom. The second kappa shape index (κ2) is 9.62. The molecule has 1 aliphatic heterocycles. The first-order valence-corrected chi connectivity index (χ1v) is 11.2. The number of carboxylic acids is 1. The quantitative estimate of drug-likeness (QED) is 0.595. The highest BCUT2D eigenvalue weighted by Gasteiger charge is 2.39. The number of carbonyl (C=O) groups excluding carboxylic acids is 2. The number of carbonyl (C=O) groups is 3. The fraction of sp³-hybridized carbons (Fsp3) is 0.400. The Bertz CT molecular complexity index is 1010. The predicted octanol–water partition coefficient (Wildman–Crippen LogP) is 2.74. The summed E-state index contributed by atoms with van der Waals surface area (Å²) in [5.74, 6) is -1.62. The zero-order chi connectivity index (χ0) is 23.5. The van der Waals surface area contributed by atoms with E-state index < -0.39 is 36.2 Å². The third-order valence-corrected chi connectivity index (χ3v) is 6.46. The van der Waals surface area contributed by atoms with Gasteiger partial charge in [0.25, 0.3) is 0 Å². The highest BCUT2D eigenvalue weighted by atomic mass is 16.5. The second-order valence-electron chi connectivity index (χ2n) is 8.57. The molecule has 3 N–H and O–H groups in total. The van der Waals surface area contributed by atoms with Crippen LogP contribution in [0.15, 0.2) is 48.5 Å². The molecule has 0 saturated carbocycles. The molecule has 0 aromatic heterocycles. The van der Waals surface area contributed by atoms with Crippen LogP contribution in [-0.4, -0.2) is 64.4 Å². The fourth-order valence-corrected chi connectivity index (χ4v) is 4.76. The minimum absolute atomic E-state index is 0.0116. The van der Waals surface area contributed by atoms with Crippen LogP contribution in [0.3, 0.4) is 0 Å². The Morgan fingerprint density at radius 1 is 1.09 bits per heavy atom. The van der Waals surface area contributed by atoms with E-state index in [9.17, 15) is 24.6 Å². The number of aliphatic hydroxyl groups is 1. The van der Waals surface area contributed by atoms with Crippen molar-refractivity contribution in [3.05, 3.63) is 59.7 Å². The molecule has 0 bridgehead atoms. The number of likely N-dealkylation sites (tertiary alicyclic amines) is 1. The first-order valence-electron chi connectivity index (χ1n) is 11.2. The number of aliphatic hydroxyl groups excluding tert-OH is 1. The number of carboxylic acid groups (broad SMARTS) is 1. The van der Waals surface area contributed by atoms with E-state index in [0.29, 0.717) is 6.42 Å². The van der Waals surface area contributed by atoms with Gasteiger partial charge < -0.3 is 25.2 Å². The standard InChI is InChI=1S/C25H28N2O6/c1-2-15(11-23(29)27-13-16(28)12-22(27)24(30)31)26-25(32)33-14-21-19-9-5-3-7-17(19)18-8-4-6-10-20(18)21/h3-10,15-16,21-22,28H,2,11-14H2,1H3,(H,26,32)(H,30,31)/t15?,16?,22-/m0/s1. The van der Waals surface area contributed by atoms with Gasteiger partial charge >= 0.3 is 12.1 Å². The van der Waals surface area contributed by atoms with Crippen LogP contribution in [0.25, 0.3) is 11.1 Å². The number of β-amino-alcohol motifs (C(OH)–C–C–N with tert-alkyl or cyclic N) is 1. The number of ether oxygens (including phenoxy) is 1. The van der Waals surface area contributed by atoms with Crippen LogP contribution >= 0.6 is 0 Å². The minimum atomic E-state index is -1.14. The van der Waals surface area contributed by atoms with Crippen molar-refractivity contribution in [2.45, 2.75) is 50.3 Å². The van der Waals surface area contributed by atoms with Gasteiger partial charge in [-0.1, -0.05) is 55.5 Å². The Morgan fingerprint density at radius 3 is 2.27 bits per heavy atom. The molecule has 1 aliphatic carbocycles. The molecule has 2 amide bonds. The number of fused-ring (bicyclic) bond motifs is 3. The fourth-order valence-electron chi connectivity index (χ4n) is 4.76. The first kappa shape index (κ1) is 22.8. The molecule has 8 nitrogen and oxygen atoms in total. The van der Waals surface area contributed by atoms with Crippen LogP contribution in [0.4, 0.5) is 4.79 Å². The number of hydrogen-bond acceptors (Lipinski definition) is 5. The molecule has 4 rings (SSSR count). The topological polar surface area (TPSA) is 116 Å². The van der Waals surface area contributed by atoms with Gasteiger partial charge in [-0.3, -0.25) is 4.79 Å². The van der Waals surface area contributed by atoms with Gasteiger partial charge in [-0.05, 0) is 28.7 Å². The van der Waals surface area contributed by atoms with Gasteiger partial charge in [0.2, 0.25) is 5.91 Å². The highest BCUT2D eigenvalue weighted by Crippen LogP contribution is 2.44. The highest BCUT2D eigenvalue weighted by molar-refractivity contribution is 5.85. The summed E-state index contributed by atoms with van der Waals surface area (Å²) >= 11 is 0. The SMILES string of the molecule is CCC(CC(=O)N1CC(O)C[C@H]1C(=O)O)NC(=O)OCC1c2ccccc2-c2ccccc21. The van der Waals surface area contributed by atoms with Gasteiger partial charge in [0, 0.05) is 31.3 Å². The van der Waals surface area contributed by atoms with Gasteiger partial charge in [0.15, 0.2) is 0 Å². The number of nitrogens with zero attached hydrogens (tertiary/aromatic N) is 1. The van der Waals surface area contributed by atoms with E-state index in [1.54, 1.807) is 0 Å². The monoisotopic (exact) mass is 452 g/mol. The molecule has 3 atom stereocenters. The smallest absolute Gasteiger partial charge is 0.407 e. The van der Waals surface area contributed by atoms with E-state index in [0.717, 1.165) is 22.3 Å². The Labute approximate surface area is 192 Å². The summed E-state index contributed by atoms with van der Waals surface area (Å²) in [6.07, 6.45) is -1.04. The lowest BCUT2D eigenvalue weighted by Gasteiger charge is -2.24. The van der Waals surface area contributed by atoms with Gasteiger partial charge in [0.1, 0.15) is 12.6 Å². The van der Waals surface area contributed by atoms with Crippen molar-refractivity contribution in [3.63, 3.8) is 0 Å². The van der Waals surface area contributed by atoms with E-state index in [1.807, 2.05) is 43.3 Å². The van der Waals surface area contributed by atoms with Crippen molar-refractivity contribution in [1.29, 1.82) is 0 Å². The Kier molecular flexibility index (Phi) is 6.65. The van der Waals surface area contributed by atoms with E-state index in [1.165, 1.54) is 4.90 Å². The second-order valence-corrected chi connectivity index (χ2v) is 8.57. The molecular weight excluding hydrogens is 424 g/mol. The molecule has 1 fully saturated rings. The summed E-state index contributed by atoms with van der Waals surface area (Å²) in [6.45, 7) is 1.98. The molecule has 1 saturated heterocycles. The average Bonchev–Trinajstić information content (AvgIpc) is 3.35. The van der Waals surface area contributed by atoms with Crippen molar-refractivity contribution in [1.82, 2.24) is 10.2 Å². The lowest BCUT2D eigenvalue weighted by Crippen LogP contribution is -2.44. The van der Waals surface area contributed by atoms with Crippen molar-refractivity contribution in [2.24, 2.45) is 0 Å². The maximum Gasteiger partial charge on any atom is 0.407 e. The van der Waals surface area contributed by atoms with Gasteiger partial charge in [-0.25, -0.2) is 9.59 Å². The predicted molar refractivity (Wildman–Crippen MR) is 121 cm³/mol. The number of aliphatic carboxylic acids is 1. The number of hydrogen-bond donors (Lipinski definition) is 3. The van der Waals surface area contributed by atoms with Gasteiger partial charge in [-0.15, -0.1) is 0 Å². The summed E-state index contributed by atoms with van der Waals surface area (Å²) in [7, 11) is 0. The zero-order valence-electron chi connectivity index (χ0n) is 18.4. The minimum Gasteiger partial charge on any atom is -0.480 e. The van der Waals surface area contributed by atoms with E-state index in [-0.39, 0.29) is 31.9 Å². The molecule has 2 unspecified atom stereocenters. The number of amides is 2. The maximum atomic E-state index is 12.7. The molecule has 8 heteroatoms. The lowest BCUT2D eigenvalue weighted by molar-refractivity contribution is -0.148. The first-order chi connectivity index (χ1) is 15.9. The van der Waals surface area contributed by atoms with Gasteiger partial charge in [-0.2, -0.15) is 0 Å². The van der Waals surface area contributed by atoms with E-state index >= 15 is 0 Å². The van der Waals surface area contributed by atoms with Crippen molar-refractivity contribution >= 4 is 18.0 Å². The third kappa shape index (κ3) is 4.71. The molecule has 0 radical (unpaired) electrons. The number of nitrogens with one attached hydrogen (secondary N) is 1. The summed E-state index contributed by atoms with van der Waals surface area (Å²) in [6, 6.07) is 14.6. The van der Waals surface area contributed by atoms with Crippen LogP contribution < -0.4 is 5.32 Å². The Balaban J connectivity index is 1.36. The maximum absolute atomic E-state index is 12.7. The normalized spacial score (nSPS) is 20.1. The van der Waals surface area contributed by atoms with Crippen molar-refractivity contribution in [2.75, 3.05) is 13.2 Å². The summed E-state index contributed by atoms with van der Waals surface area (Å²) in [5.41, 5.74) is 4.50.